The maximum absolute atomic E-state index is 12.2. The van der Waals surface area contributed by atoms with Gasteiger partial charge in [0, 0.05) is 5.39 Å². The molecule has 0 spiro atoms. The molecule has 4 aromatic rings. The highest BCUT2D eigenvalue weighted by molar-refractivity contribution is 7.18. The zero-order chi connectivity index (χ0) is 17.2. The van der Waals surface area contributed by atoms with E-state index in [2.05, 4.69) is 15.5 Å². The summed E-state index contributed by atoms with van der Waals surface area (Å²) in [5.74, 6) is 0.699. The van der Waals surface area contributed by atoms with Gasteiger partial charge in [-0.15, -0.1) is 10.2 Å². The third-order valence-corrected chi connectivity index (χ3v) is 4.52. The highest BCUT2D eigenvalue weighted by Gasteiger charge is 2.14. The van der Waals surface area contributed by atoms with Crippen LogP contribution in [0.25, 0.3) is 21.5 Å². The van der Waals surface area contributed by atoms with Gasteiger partial charge in [-0.2, -0.15) is 0 Å². The molecule has 1 N–H and O–H groups in total. The lowest BCUT2D eigenvalue weighted by Crippen LogP contribution is -2.02. The van der Waals surface area contributed by atoms with Crippen molar-refractivity contribution in [3.05, 3.63) is 65.0 Å². The highest BCUT2D eigenvalue weighted by atomic mass is 32.1. The molecule has 2 aromatic carbocycles. The van der Waals surface area contributed by atoms with Crippen molar-refractivity contribution < 1.29 is 9.15 Å². The SMILES string of the molecule is COc1ccccc1Nc1nnc(-c2cc3ccccc3oc2=O)s1. The molecule has 0 radical (unpaired) electrons. The molecule has 0 aliphatic heterocycles. The van der Waals surface area contributed by atoms with Gasteiger partial charge in [-0.05, 0) is 24.3 Å². The second-order valence-electron chi connectivity index (χ2n) is 5.22. The van der Waals surface area contributed by atoms with Crippen molar-refractivity contribution in [1.29, 1.82) is 0 Å². The molecule has 0 unspecified atom stereocenters. The fraction of sp³-hybridized carbons (Fsp3) is 0.0556. The molecule has 0 aliphatic rings. The molecule has 124 valence electrons. The van der Waals surface area contributed by atoms with E-state index < -0.39 is 5.63 Å². The summed E-state index contributed by atoms with van der Waals surface area (Å²) < 4.78 is 10.7. The maximum atomic E-state index is 12.2. The Kier molecular flexibility index (Phi) is 3.91. The molecule has 0 saturated carbocycles. The second-order valence-corrected chi connectivity index (χ2v) is 6.20. The largest absolute Gasteiger partial charge is 0.495 e. The van der Waals surface area contributed by atoms with Gasteiger partial charge in [0.05, 0.1) is 18.4 Å². The predicted molar refractivity (Wildman–Crippen MR) is 97.7 cm³/mol. The van der Waals surface area contributed by atoms with Crippen molar-refractivity contribution in [2.75, 3.05) is 12.4 Å². The lowest BCUT2D eigenvalue weighted by Gasteiger charge is -2.07. The standard InChI is InChI=1S/C18H13N3O3S/c1-23-15-9-5-3-7-13(15)19-18-21-20-16(25-18)12-10-11-6-2-4-8-14(11)24-17(12)22/h2-10H,1H3,(H,19,21). The number of para-hydroxylation sites is 3. The Balaban J connectivity index is 1.70. The van der Waals surface area contributed by atoms with Crippen LogP contribution in [0.15, 0.2) is 63.8 Å². The van der Waals surface area contributed by atoms with Crippen molar-refractivity contribution in [1.82, 2.24) is 10.2 Å². The summed E-state index contributed by atoms with van der Waals surface area (Å²) in [6, 6.07) is 16.6. The van der Waals surface area contributed by atoms with Crippen LogP contribution in [0.5, 0.6) is 5.75 Å². The van der Waals surface area contributed by atoms with Crippen LogP contribution in [0.4, 0.5) is 10.8 Å². The number of hydrogen-bond acceptors (Lipinski definition) is 7. The van der Waals surface area contributed by atoms with E-state index in [1.54, 1.807) is 19.2 Å². The third kappa shape index (κ3) is 2.97. The van der Waals surface area contributed by atoms with Gasteiger partial charge < -0.3 is 14.5 Å². The summed E-state index contributed by atoms with van der Waals surface area (Å²) in [6.45, 7) is 0. The van der Waals surface area contributed by atoms with Crippen molar-refractivity contribution in [2.24, 2.45) is 0 Å². The van der Waals surface area contributed by atoms with E-state index >= 15 is 0 Å². The highest BCUT2D eigenvalue weighted by Crippen LogP contribution is 2.31. The number of nitrogens with zero attached hydrogens (tertiary/aromatic N) is 2. The topological polar surface area (TPSA) is 77.2 Å². The maximum Gasteiger partial charge on any atom is 0.346 e. The number of hydrogen-bond donors (Lipinski definition) is 1. The van der Waals surface area contributed by atoms with E-state index in [0.29, 0.717) is 27.0 Å². The van der Waals surface area contributed by atoms with Crippen LogP contribution in [0.3, 0.4) is 0 Å². The van der Waals surface area contributed by atoms with Gasteiger partial charge in [0.15, 0.2) is 5.01 Å². The molecule has 2 heterocycles. The van der Waals surface area contributed by atoms with E-state index in [9.17, 15) is 4.79 Å². The summed E-state index contributed by atoms with van der Waals surface area (Å²) >= 11 is 1.27. The summed E-state index contributed by atoms with van der Waals surface area (Å²) in [7, 11) is 1.60. The average Bonchev–Trinajstić information content (AvgIpc) is 3.10. The average molecular weight is 351 g/mol. The smallest absolute Gasteiger partial charge is 0.346 e. The molecule has 0 bridgehead atoms. The Morgan fingerprint density at radius 3 is 2.76 bits per heavy atom. The first-order chi connectivity index (χ1) is 12.2. The molecule has 0 amide bonds. The molecule has 0 saturated heterocycles. The monoisotopic (exact) mass is 351 g/mol. The number of ether oxygens (including phenoxy) is 1. The van der Waals surface area contributed by atoms with Gasteiger partial charge in [-0.3, -0.25) is 0 Å². The normalized spacial score (nSPS) is 10.8. The van der Waals surface area contributed by atoms with Crippen LogP contribution < -0.4 is 15.7 Å². The first-order valence-electron chi connectivity index (χ1n) is 7.51. The van der Waals surface area contributed by atoms with E-state index in [4.69, 9.17) is 9.15 Å². The van der Waals surface area contributed by atoms with Crippen molar-refractivity contribution in [3.8, 4) is 16.3 Å². The van der Waals surface area contributed by atoms with Gasteiger partial charge >= 0.3 is 5.63 Å². The van der Waals surface area contributed by atoms with Gasteiger partial charge in [0.25, 0.3) is 0 Å². The number of methoxy groups -OCH3 is 1. The van der Waals surface area contributed by atoms with Crippen LogP contribution in [0.1, 0.15) is 0 Å². The molecule has 0 fully saturated rings. The molecular formula is C18H13N3O3S. The Hall–Kier alpha value is -3.19. The molecule has 4 rings (SSSR count). The summed E-state index contributed by atoms with van der Waals surface area (Å²) in [4.78, 5) is 12.2. The van der Waals surface area contributed by atoms with E-state index in [-0.39, 0.29) is 0 Å². The molecule has 0 aliphatic carbocycles. The van der Waals surface area contributed by atoms with Gasteiger partial charge in [-0.1, -0.05) is 41.7 Å². The molecular weight excluding hydrogens is 338 g/mol. The van der Waals surface area contributed by atoms with Crippen LogP contribution in [-0.4, -0.2) is 17.3 Å². The zero-order valence-electron chi connectivity index (χ0n) is 13.2. The minimum Gasteiger partial charge on any atom is -0.495 e. The van der Waals surface area contributed by atoms with E-state index in [1.165, 1.54) is 11.3 Å². The molecule has 25 heavy (non-hydrogen) atoms. The van der Waals surface area contributed by atoms with Crippen molar-refractivity contribution in [3.63, 3.8) is 0 Å². The predicted octanol–water partition coefficient (Wildman–Crippen LogP) is 4.06. The number of rotatable bonds is 4. The lowest BCUT2D eigenvalue weighted by molar-refractivity contribution is 0.417. The van der Waals surface area contributed by atoms with Gasteiger partial charge in [-0.25, -0.2) is 4.79 Å². The molecule has 0 atom stereocenters. The Bertz CT molecular complexity index is 1100. The van der Waals surface area contributed by atoms with Crippen LogP contribution in [0, 0.1) is 0 Å². The number of nitrogens with one attached hydrogen (secondary N) is 1. The zero-order valence-corrected chi connectivity index (χ0v) is 14.0. The summed E-state index contributed by atoms with van der Waals surface area (Å²) in [5, 5.41) is 13.3. The minimum absolute atomic E-state index is 0.393. The number of benzene rings is 2. The minimum atomic E-state index is -0.432. The number of anilines is 2. The summed E-state index contributed by atoms with van der Waals surface area (Å²) in [6.07, 6.45) is 0. The van der Waals surface area contributed by atoms with Gasteiger partial charge in [0.1, 0.15) is 11.3 Å². The van der Waals surface area contributed by atoms with E-state index in [0.717, 1.165) is 11.1 Å². The number of aromatic nitrogens is 2. The molecule has 2 aromatic heterocycles. The van der Waals surface area contributed by atoms with Crippen molar-refractivity contribution >= 4 is 33.1 Å². The fourth-order valence-electron chi connectivity index (χ4n) is 2.46. The number of fused-ring (bicyclic) bond motifs is 1. The van der Waals surface area contributed by atoms with Gasteiger partial charge in [0.2, 0.25) is 5.13 Å². The summed E-state index contributed by atoms with van der Waals surface area (Å²) in [5.41, 5.74) is 1.29. The molecule has 7 heteroatoms. The first kappa shape index (κ1) is 15.3. The van der Waals surface area contributed by atoms with Crippen LogP contribution >= 0.6 is 11.3 Å². The van der Waals surface area contributed by atoms with Crippen LogP contribution in [-0.2, 0) is 0 Å². The van der Waals surface area contributed by atoms with Crippen molar-refractivity contribution in [2.45, 2.75) is 0 Å². The molecule has 6 nitrogen and oxygen atoms in total. The Morgan fingerprint density at radius 2 is 1.88 bits per heavy atom. The second kappa shape index (κ2) is 6.37. The van der Waals surface area contributed by atoms with E-state index in [1.807, 2.05) is 42.5 Å². The fourth-order valence-corrected chi connectivity index (χ4v) is 3.22. The van der Waals surface area contributed by atoms with Crippen LogP contribution in [0.2, 0.25) is 0 Å². The Labute approximate surface area is 146 Å². The quantitative estimate of drug-likeness (QED) is 0.559. The lowest BCUT2D eigenvalue weighted by atomic mass is 10.2. The Morgan fingerprint density at radius 1 is 1.08 bits per heavy atom. The third-order valence-electron chi connectivity index (χ3n) is 3.65. The first-order valence-corrected chi connectivity index (χ1v) is 8.33.